The van der Waals surface area contributed by atoms with Gasteiger partial charge in [0.25, 0.3) is 5.16 Å². The first-order valence-corrected chi connectivity index (χ1v) is 8.69. The molecule has 1 aromatic carbocycles. The van der Waals surface area contributed by atoms with Crippen molar-refractivity contribution in [3.63, 3.8) is 0 Å². The molecule has 0 aliphatic rings. The number of nitrogens with one attached hydrogen (secondary N) is 1. The van der Waals surface area contributed by atoms with Crippen LogP contribution in [0.4, 0.5) is 10.1 Å². The summed E-state index contributed by atoms with van der Waals surface area (Å²) >= 11 is 5.99. The van der Waals surface area contributed by atoms with Gasteiger partial charge in [0.1, 0.15) is 0 Å². The van der Waals surface area contributed by atoms with E-state index in [0.29, 0.717) is 0 Å². The number of aromatic carboxylic acids is 1. The van der Waals surface area contributed by atoms with Crippen LogP contribution in [0.1, 0.15) is 17.3 Å². The van der Waals surface area contributed by atoms with Crippen molar-refractivity contribution in [1.82, 2.24) is 19.6 Å². The minimum absolute atomic E-state index is 0.0312. The van der Waals surface area contributed by atoms with Crippen LogP contribution in [0.5, 0.6) is 6.01 Å². The van der Waals surface area contributed by atoms with Crippen molar-refractivity contribution in [1.29, 1.82) is 0 Å². The van der Waals surface area contributed by atoms with Gasteiger partial charge in [0, 0.05) is 6.07 Å². The lowest BCUT2D eigenvalue weighted by Gasteiger charge is -2.08. The summed E-state index contributed by atoms with van der Waals surface area (Å²) in [7, 11) is -2.07. The van der Waals surface area contributed by atoms with Gasteiger partial charge in [0.05, 0.1) is 22.9 Å². The number of halogens is 2. The zero-order valence-corrected chi connectivity index (χ0v) is 14.7. The highest BCUT2D eigenvalue weighted by Crippen LogP contribution is 2.27. The van der Waals surface area contributed by atoms with Crippen molar-refractivity contribution >= 4 is 39.9 Å². The quantitative estimate of drug-likeness (QED) is 0.609. The third-order valence-corrected chi connectivity index (χ3v) is 4.33. The molecule has 12 heteroatoms. The van der Waals surface area contributed by atoms with E-state index in [2.05, 4.69) is 19.8 Å². The number of aromatic nitrogens is 4. The summed E-state index contributed by atoms with van der Waals surface area (Å²) in [6.07, 6.45) is 0. The molecule has 0 amide bonds. The Bertz CT molecular complexity index is 1030. The number of carbonyl (C=O) groups is 1. The van der Waals surface area contributed by atoms with Crippen LogP contribution in [0.2, 0.25) is 5.02 Å². The number of fused-ring (bicyclic) bond motifs is 1. The first-order valence-electron chi connectivity index (χ1n) is 7.17. The molecule has 2 aromatic heterocycles. The number of hydrogen-bond donors (Lipinski definition) is 2. The molecular weight excluding hydrogens is 389 g/mol. The monoisotopic (exact) mass is 399 g/mol. The lowest BCUT2D eigenvalue weighted by atomic mass is 10.2. The smallest absolute Gasteiger partial charge is 0.337 e. The van der Waals surface area contributed by atoms with E-state index in [0.717, 1.165) is 10.6 Å². The minimum Gasteiger partial charge on any atom is -0.478 e. The average molecular weight is 400 g/mol. The molecule has 3 rings (SSSR count). The summed E-state index contributed by atoms with van der Waals surface area (Å²) in [5.41, 5.74) is -0.186. The number of para-hydroxylation sites is 1. The summed E-state index contributed by atoms with van der Waals surface area (Å²) in [4.78, 5) is 18.8. The highest BCUT2D eigenvalue weighted by Gasteiger charge is 2.20. The van der Waals surface area contributed by atoms with Crippen LogP contribution in [0.15, 0.2) is 29.4 Å². The lowest BCUT2D eigenvalue weighted by Crippen LogP contribution is -2.11. The number of benzene rings is 1. The van der Waals surface area contributed by atoms with Gasteiger partial charge in [-0.2, -0.15) is 18.9 Å². The Morgan fingerprint density at radius 2 is 2.23 bits per heavy atom. The van der Waals surface area contributed by atoms with E-state index in [1.165, 1.54) is 18.2 Å². The van der Waals surface area contributed by atoms with Crippen molar-refractivity contribution in [2.45, 2.75) is 12.1 Å². The van der Waals surface area contributed by atoms with Gasteiger partial charge in [0.15, 0.2) is 16.6 Å². The second kappa shape index (κ2) is 7.22. The number of ether oxygens (including phenoxy) is 1. The predicted octanol–water partition coefficient (Wildman–Crippen LogP) is 2.15. The summed E-state index contributed by atoms with van der Waals surface area (Å²) in [5.74, 6) is -2.09. The van der Waals surface area contributed by atoms with Crippen LogP contribution in [0.25, 0.3) is 5.65 Å². The van der Waals surface area contributed by atoms with Crippen LogP contribution in [0.3, 0.4) is 0 Å². The summed E-state index contributed by atoms with van der Waals surface area (Å²) < 4.78 is 34.8. The van der Waals surface area contributed by atoms with E-state index in [9.17, 15) is 18.5 Å². The number of carboxylic acid groups (broad SMARTS) is 1. The number of anilines is 1. The van der Waals surface area contributed by atoms with Gasteiger partial charge in [-0.25, -0.2) is 9.00 Å². The second-order valence-electron chi connectivity index (χ2n) is 4.80. The van der Waals surface area contributed by atoms with Crippen LogP contribution in [-0.4, -0.2) is 41.5 Å². The zero-order valence-electron chi connectivity index (χ0n) is 13.1. The molecule has 1 atom stereocenters. The number of carboxylic acids is 1. The fourth-order valence-corrected chi connectivity index (χ4v) is 3.17. The Morgan fingerprint density at radius 1 is 1.46 bits per heavy atom. The minimum atomic E-state index is -2.07. The molecule has 0 saturated heterocycles. The Balaban J connectivity index is 1.99. The van der Waals surface area contributed by atoms with Gasteiger partial charge in [-0.05, 0) is 19.1 Å². The molecule has 2 heterocycles. The van der Waals surface area contributed by atoms with E-state index in [1.807, 2.05) is 0 Å². The van der Waals surface area contributed by atoms with Crippen molar-refractivity contribution in [2.75, 3.05) is 11.3 Å². The van der Waals surface area contributed by atoms with Gasteiger partial charge < -0.3 is 9.84 Å². The largest absolute Gasteiger partial charge is 0.478 e. The Kier molecular flexibility index (Phi) is 5.00. The third kappa shape index (κ3) is 3.44. The Labute approximate surface area is 153 Å². The standard InChI is InChI=1S/C14H11ClFN5O4S/c1-2-25-14-17-9(16)6-10-18-13(19-21(10)14)26(24)20-11-7(12(22)23)4-3-5-8(11)15/h3-6,20H,2H2,1H3,(H,22,23). The van der Waals surface area contributed by atoms with Crippen LogP contribution in [-0.2, 0) is 11.0 Å². The first kappa shape index (κ1) is 18.0. The fraction of sp³-hybridized carbons (Fsp3) is 0.143. The maximum absolute atomic E-state index is 13.5. The molecule has 9 nitrogen and oxygen atoms in total. The number of hydrogen-bond acceptors (Lipinski definition) is 6. The van der Waals surface area contributed by atoms with Crippen LogP contribution < -0.4 is 9.46 Å². The van der Waals surface area contributed by atoms with Crippen molar-refractivity contribution in [2.24, 2.45) is 0 Å². The predicted molar refractivity (Wildman–Crippen MR) is 90.4 cm³/mol. The summed E-state index contributed by atoms with van der Waals surface area (Å²) in [5, 5.41) is 13.0. The molecule has 3 aromatic rings. The Hall–Kier alpha value is -2.79. The molecule has 0 spiro atoms. The Morgan fingerprint density at radius 3 is 2.92 bits per heavy atom. The number of rotatable bonds is 6. The molecule has 0 bridgehead atoms. The van der Waals surface area contributed by atoms with Crippen molar-refractivity contribution in [3.05, 3.63) is 40.8 Å². The third-order valence-electron chi connectivity index (χ3n) is 3.12. The second-order valence-corrected chi connectivity index (χ2v) is 6.31. The normalized spacial score (nSPS) is 12.1. The fourth-order valence-electron chi connectivity index (χ4n) is 2.06. The van der Waals surface area contributed by atoms with E-state index >= 15 is 0 Å². The molecule has 136 valence electrons. The first-order chi connectivity index (χ1) is 12.4. The molecule has 2 N–H and O–H groups in total. The average Bonchev–Trinajstić information content (AvgIpc) is 3.00. The van der Waals surface area contributed by atoms with Gasteiger partial charge in [-0.3, -0.25) is 4.72 Å². The van der Waals surface area contributed by atoms with Gasteiger partial charge in [-0.1, -0.05) is 17.7 Å². The molecule has 0 fully saturated rings. The topological polar surface area (TPSA) is 119 Å². The van der Waals surface area contributed by atoms with E-state index in [4.69, 9.17) is 16.3 Å². The van der Waals surface area contributed by atoms with Crippen molar-refractivity contribution in [3.8, 4) is 6.01 Å². The number of nitrogens with zero attached hydrogens (tertiary/aromatic N) is 4. The molecule has 26 heavy (non-hydrogen) atoms. The molecule has 0 saturated carbocycles. The lowest BCUT2D eigenvalue weighted by molar-refractivity contribution is 0.0698. The molecule has 0 aliphatic carbocycles. The highest BCUT2D eigenvalue weighted by atomic mass is 35.5. The molecule has 1 unspecified atom stereocenters. The molecule has 0 aliphatic heterocycles. The zero-order chi connectivity index (χ0) is 18.8. The van der Waals surface area contributed by atoms with Crippen LogP contribution in [0, 0.1) is 5.95 Å². The van der Waals surface area contributed by atoms with Gasteiger partial charge in [-0.15, -0.1) is 5.10 Å². The van der Waals surface area contributed by atoms with Crippen LogP contribution >= 0.6 is 11.6 Å². The SMILES string of the molecule is CCOc1nc(F)cc2nc(S(=O)Nc3c(Cl)cccc3C(=O)O)nn12. The maximum Gasteiger partial charge on any atom is 0.337 e. The molecular formula is C14H11ClFN5O4S. The van der Waals surface area contributed by atoms with Crippen molar-refractivity contribution < 1.29 is 23.2 Å². The maximum atomic E-state index is 13.5. The van der Waals surface area contributed by atoms with E-state index < -0.39 is 22.9 Å². The summed E-state index contributed by atoms with van der Waals surface area (Å²) in [6.45, 7) is 1.89. The molecule has 0 radical (unpaired) electrons. The van der Waals surface area contributed by atoms with E-state index in [1.54, 1.807) is 6.92 Å². The van der Waals surface area contributed by atoms with Gasteiger partial charge in [0.2, 0.25) is 5.95 Å². The summed E-state index contributed by atoms with van der Waals surface area (Å²) in [6, 6.07) is 5.04. The van der Waals surface area contributed by atoms with Gasteiger partial charge >= 0.3 is 12.0 Å². The highest BCUT2D eigenvalue weighted by molar-refractivity contribution is 7.86. The van der Waals surface area contributed by atoms with E-state index in [-0.39, 0.29) is 39.7 Å².